The second-order valence-electron chi connectivity index (χ2n) is 4.67. The highest BCUT2D eigenvalue weighted by atomic mass is 16.5. The van der Waals surface area contributed by atoms with Gasteiger partial charge in [-0.1, -0.05) is 0 Å². The molecule has 98 valence electrons. The van der Waals surface area contributed by atoms with Crippen molar-refractivity contribution < 1.29 is 9.53 Å². The first-order valence-corrected chi connectivity index (χ1v) is 6.17. The molecule has 0 aromatic carbocycles. The van der Waals surface area contributed by atoms with Gasteiger partial charge in [0.05, 0.1) is 12.5 Å². The molecule has 0 atom stereocenters. The lowest BCUT2D eigenvalue weighted by Gasteiger charge is -2.24. The van der Waals surface area contributed by atoms with E-state index in [1.54, 1.807) is 24.8 Å². The van der Waals surface area contributed by atoms with Crippen molar-refractivity contribution in [3.05, 3.63) is 30.5 Å². The summed E-state index contributed by atoms with van der Waals surface area (Å²) in [5, 5.41) is 0. The molecular weight excluding hydrogens is 230 g/mol. The van der Waals surface area contributed by atoms with E-state index < -0.39 is 0 Å². The fraction of sp³-hybridized carbons (Fsp3) is 0.538. The second kappa shape index (κ2) is 5.82. The predicted octanol–water partition coefficient (Wildman–Crippen LogP) is 1.49. The Hall–Kier alpha value is -1.62. The zero-order valence-electron chi connectivity index (χ0n) is 10.9. The molecule has 0 unspecified atom stereocenters. The van der Waals surface area contributed by atoms with Crippen LogP contribution in [0.4, 0.5) is 0 Å². The number of allylic oxidation sites excluding steroid dienone is 1. The Labute approximate surface area is 107 Å². The standard InChI is InChI=1S/C13H19N3O2/c1-15(2)6-3-13(17)12-9-14-10-16(12)11-4-7-18-8-5-11/h3,6,9-11H,4-5,7-8H2,1-2H3. The van der Waals surface area contributed by atoms with E-state index >= 15 is 0 Å². The van der Waals surface area contributed by atoms with Crippen LogP contribution in [0.1, 0.15) is 29.4 Å². The molecule has 0 amide bonds. The van der Waals surface area contributed by atoms with E-state index in [0.717, 1.165) is 26.1 Å². The van der Waals surface area contributed by atoms with Crippen LogP contribution in [0.3, 0.4) is 0 Å². The Morgan fingerprint density at radius 3 is 2.89 bits per heavy atom. The molecular formula is C13H19N3O2. The van der Waals surface area contributed by atoms with Gasteiger partial charge in [-0.05, 0) is 12.8 Å². The van der Waals surface area contributed by atoms with Crippen molar-refractivity contribution in [2.24, 2.45) is 0 Å². The summed E-state index contributed by atoms with van der Waals surface area (Å²) in [6, 6.07) is 0.327. The Bertz CT molecular complexity index is 431. The predicted molar refractivity (Wildman–Crippen MR) is 68.5 cm³/mol. The van der Waals surface area contributed by atoms with E-state index in [1.807, 2.05) is 23.6 Å². The maximum Gasteiger partial charge on any atom is 0.205 e. The lowest BCUT2D eigenvalue weighted by atomic mass is 10.1. The van der Waals surface area contributed by atoms with Crippen molar-refractivity contribution in [1.29, 1.82) is 0 Å². The van der Waals surface area contributed by atoms with E-state index in [2.05, 4.69) is 4.98 Å². The molecule has 18 heavy (non-hydrogen) atoms. The van der Waals surface area contributed by atoms with Crippen molar-refractivity contribution >= 4 is 5.78 Å². The summed E-state index contributed by atoms with van der Waals surface area (Å²) in [6.45, 7) is 1.51. The van der Waals surface area contributed by atoms with Gasteiger partial charge in [-0.25, -0.2) is 4.98 Å². The minimum Gasteiger partial charge on any atom is -0.383 e. The number of imidazole rings is 1. The lowest BCUT2D eigenvalue weighted by Crippen LogP contribution is -2.21. The summed E-state index contributed by atoms with van der Waals surface area (Å²) >= 11 is 0. The van der Waals surface area contributed by atoms with E-state index in [9.17, 15) is 4.79 Å². The van der Waals surface area contributed by atoms with E-state index in [0.29, 0.717) is 11.7 Å². The highest BCUT2D eigenvalue weighted by Crippen LogP contribution is 2.22. The number of rotatable bonds is 4. The summed E-state index contributed by atoms with van der Waals surface area (Å²) in [4.78, 5) is 18.0. The maximum absolute atomic E-state index is 12.1. The average Bonchev–Trinajstić information content (AvgIpc) is 2.86. The highest BCUT2D eigenvalue weighted by molar-refractivity contribution is 6.03. The Morgan fingerprint density at radius 1 is 1.50 bits per heavy atom. The smallest absolute Gasteiger partial charge is 0.205 e. The highest BCUT2D eigenvalue weighted by Gasteiger charge is 2.20. The number of hydrogen-bond acceptors (Lipinski definition) is 4. The number of carbonyl (C=O) groups is 1. The third kappa shape index (κ3) is 2.98. The van der Waals surface area contributed by atoms with Crippen molar-refractivity contribution in [3.63, 3.8) is 0 Å². The first-order chi connectivity index (χ1) is 8.68. The van der Waals surface area contributed by atoms with Crippen LogP contribution < -0.4 is 0 Å². The normalized spacial score (nSPS) is 17.2. The van der Waals surface area contributed by atoms with Gasteiger partial charge in [-0.2, -0.15) is 0 Å². The lowest BCUT2D eigenvalue weighted by molar-refractivity contribution is 0.0682. The molecule has 2 rings (SSSR count). The van der Waals surface area contributed by atoms with Crippen molar-refractivity contribution in [2.75, 3.05) is 27.3 Å². The summed E-state index contributed by atoms with van der Waals surface area (Å²) in [6.07, 6.45) is 8.59. The molecule has 2 heterocycles. The molecule has 1 aromatic rings. The van der Waals surface area contributed by atoms with Gasteiger partial charge in [0.1, 0.15) is 5.69 Å². The van der Waals surface area contributed by atoms with Gasteiger partial charge >= 0.3 is 0 Å². The molecule has 0 radical (unpaired) electrons. The number of ketones is 1. The molecule has 5 heteroatoms. The first-order valence-electron chi connectivity index (χ1n) is 6.17. The second-order valence-corrected chi connectivity index (χ2v) is 4.67. The summed E-state index contributed by atoms with van der Waals surface area (Å²) < 4.78 is 7.31. The van der Waals surface area contributed by atoms with Gasteiger partial charge in [-0.15, -0.1) is 0 Å². The van der Waals surface area contributed by atoms with Gasteiger partial charge < -0.3 is 14.2 Å². The maximum atomic E-state index is 12.1. The van der Waals surface area contributed by atoms with Crippen LogP contribution in [-0.2, 0) is 4.74 Å². The summed E-state index contributed by atoms with van der Waals surface area (Å²) in [5.74, 6) is -0.00677. The minimum atomic E-state index is -0.00677. The fourth-order valence-corrected chi connectivity index (χ4v) is 2.05. The SMILES string of the molecule is CN(C)C=CC(=O)c1cncn1C1CCOCC1. The number of carbonyl (C=O) groups excluding carboxylic acids is 1. The zero-order valence-corrected chi connectivity index (χ0v) is 10.9. The fourth-order valence-electron chi connectivity index (χ4n) is 2.05. The third-order valence-corrected chi connectivity index (χ3v) is 3.03. The number of hydrogen-bond donors (Lipinski definition) is 0. The molecule has 1 aliphatic rings. The molecule has 0 spiro atoms. The molecule has 1 fully saturated rings. The minimum absolute atomic E-state index is 0.00677. The van der Waals surface area contributed by atoms with Crippen molar-refractivity contribution in [3.8, 4) is 0 Å². The van der Waals surface area contributed by atoms with Gasteiger partial charge in [0.15, 0.2) is 0 Å². The molecule has 1 aromatic heterocycles. The molecule has 0 N–H and O–H groups in total. The zero-order chi connectivity index (χ0) is 13.0. The van der Waals surface area contributed by atoms with Crippen LogP contribution in [0.25, 0.3) is 0 Å². The number of nitrogens with zero attached hydrogens (tertiary/aromatic N) is 3. The monoisotopic (exact) mass is 249 g/mol. The Balaban J connectivity index is 2.13. The molecule has 0 bridgehead atoms. The first kappa shape index (κ1) is 12.8. The Kier molecular flexibility index (Phi) is 4.15. The number of ether oxygens (including phenoxy) is 1. The third-order valence-electron chi connectivity index (χ3n) is 3.03. The van der Waals surface area contributed by atoms with Crippen LogP contribution in [0, 0.1) is 0 Å². The van der Waals surface area contributed by atoms with Crippen LogP contribution in [-0.4, -0.2) is 47.5 Å². The van der Waals surface area contributed by atoms with Crippen LogP contribution in [0.2, 0.25) is 0 Å². The quantitative estimate of drug-likeness (QED) is 0.599. The van der Waals surface area contributed by atoms with Crippen LogP contribution in [0.15, 0.2) is 24.8 Å². The van der Waals surface area contributed by atoms with E-state index in [1.165, 1.54) is 0 Å². The van der Waals surface area contributed by atoms with E-state index in [-0.39, 0.29) is 5.78 Å². The summed E-state index contributed by atoms with van der Waals surface area (Å²) in [7, 11) is 3.78. The average molecular weight is 249 g/mol. The molecule has 0 aliphatic carbocycles. The van der Waals surface area contributed by atoms with Crippen molar-refractivity contribution in [2.45, 2.75) is 18.9 Å². The van der Waals surface area contributed by atoms with Crippen molar-refractivity contribution in [1.82, 2.24) is 14.5 Å². The van der Waals surface area contributed by atoms with Crippen LogP contribution in [0.5, 0.6) is 0 Å². The molecule has 1 saturated heterocycles. The Morgan fingerprint density at radius 2 is 2.22 bits per heavy atom. The number of aromatic nitrogens is 2. The van der Waals surface area contributed by atoms with Gasteiger partial charge in [0, 0.05) is 45.6 Å². The summed E-state index contributed by atoms with van der Waals surface area (Å²) in [5.41, 5.74) is 0.653. The largest absolute Gasteiger partial charge is 0.383 e. The topological polar surface area (TPSA) is 47.4 Å². The molecule has 0 saturated carbocycles. The molecule has 1 aliphatic heterocycles. The van der Waals surface area contributed by atoms with E-state index in [4.69, 9.17) is 4.74 Å². The van der Waals surface area contributed by atoms with Gasteiger partial charge in [-0.3, -0.25) is 4.79 Å². The molecule has 5 nitrogen and oxygen atoms in total. The van der Waals surface area contributed by atoms with Crippen LogP contribution >= 0.6 is 0 Å². The van der Waals surface area contributed by atoms with Gasteiger partial charge in [0.2, 0.25) is 5.78 Å². The van der Waals surface area contributed by atoms with Gasteiger partial charge in [0.25, 0.3) is 0 Å².